The maximum atomic E-state index is 14.4. The first-order valence-corrected chi connectivity index (χ1v) is 17.1. The first kappa shape index (κ1) is 31.9. The average Bonchev–Trinajstić information content (AvgIpc) is 3.74. The molecule has 11 nitrogen and oxygen atoms in total. The zero-order chi connectivity index (χ0) is 32.0. The molecule has 7 atom stereocenters. The highest BCUT2D eigenvalue weighted by Gasteiger charge is 2.71. The Morgan fingerprint density at radius 2 is 1.78 bits per heavy atom. The SMILES string of the molecule is CCC(=O)O[C@H]1[C@H]2C(C(=O)c3c(O)cccc3[C@@H]2CSC2CCCC2)C(=O)[C@]2(O)C(=O)C(C(=O)NCN3CCCC3)C(=O)C[C@H]12. The third kappa shape index (κ3) is 5.42. The summed E-state index contributed by atoms with van der Waals surface area (Å²) in [5.41, 5.74) is -2.45. The van der Waals surface area contributed by atoms with E-state index in [0.717, 1.165) is 51.6 Å². The first-order valence-electron chi connectivity index (χ1n) is 16.1. The Bertz CT molecular complexity index is 1420. The van der Waals surface area contributed by atoms with E-state index in [2.05, 4.69) is 5.32 Å². The number of nitrogens with zero attached hydrogens (tertiary/aromatic N) is 1. The molecule has 0 bridgehead atoms. The van der Waals surface area contributed by atoms with Crippen LogP contribution in [0.15, 0.2) is 18.2 Å². The van der Waals surface area contributed by atoms with Crippen molar-refractivity contribution in [2.24, 2.45) is 23.7 Å². The zero-order valence-electron chi connectivity index (χ0n) is 25.4. The third-order valence-electron chi connectivity index (χ3n) is 10.5. The molecule has 1 aromatic rings. The molecule has 5 aliphatic rings. The van der Waals surface area contributed by atoms with Crippen molar-refractivity contribution in [1.29, 1.82) is 0 Å². The molecule has 1 saturated heterocycles. The Morgan fingerprint density at radius 1 is 1.07 bits per heavy atom. The number of aliphatic hydroxyl groups is 1. The lowest BCUT2D eigenvalue weighted by Crippen LogP contribution is -2.73. The average molecular weight is 641 g/mol. The molecule has 4 fully saturated rings. The number of hydrogen-bond donors (Lipinski definition) is 3. The summed E-state index contributed by atoms with van der Waals surface area (Å²) in [5, 5.41) is 25.9. The predicted molar refractivity (Wildman–Crippen MR) is 162 cm³/mol. The number of nitrogens with one attached hydrogen (secondary N) is 1. The quantitative estimate of drug-likeness (QED) is 0.281. The van der Waals surface area contributed by atoms with Crippen molar-refractivity contribution in [3.63, 3.8) is 0 Å². The number of hydrogen-bond acceptors (Lipinski definition) is 11. The zero-order valence-corrected chi connectivity index (χ0v) is 26.2. The molecule has 6 rings (SSSR count). The van der Waals surface area contributed by atoms with Gasteiger partial charge in [0.2, 0.25) is 5.91 Å². The van der Waals surface area contributed by atoms with Crippen LogP contribution in [0.25, 0.3) is 0 Å². The number of carbonyl (C=O) groups excluding carboxylic acids is 6. The van der Waals surface area contributed by atoms with Gasteiger partial charge in [-0.3, -0.25) is 33.7 Å². The van der Waals surface area contributed by atoms with Crippen LogP contribution >= 0.6 is 11.8 Å². The highest BCUT2D eigenvalue weighted by atomic mass is 32.2. The number of esters is 1. The number of likely N-dealkylation sites (tertiary alicyclic amines) is 1. The van der Waals surface area contributed by atoms with E-state index in [0.29, 0.717) is 16.6 Å². The summed E-state index contributed by atoms with van der Waals surface area (Å²) in [5.74, 6) is -12.0. The summed E-state index contributed by atoms with van der Waals surface area (Å²) < 4.78 is 5.91. The summed E-state index contributed by atoms with van der Waals surface area (Å²) >= 11 is 1.70. The highest BCUT2D eigenvalue weighted by Crippen LogP contribution is 2.56. The number of phenolic OH excluding ortho intramolecular Hbond substituents is 1. The predicted octanol–water partition coefficient (Wildman–Crippen LogP) is 2.16. The van der Waals surface area contributed by atoms with E-state index in [1.807, 2.05) is 4.90 Å². The Hall–Kier alpha value is -3.09. The molecule has 1 heterocycles. The van der Waals surface area contributed by atoms with E-state index in [1.54, 1.807) is 30.8 Å². The molecule has 12 heteroatoms. The highest BCUT2D eigenvalue weighted by molar-refractivity contribution is 7.99. The van der Waals surface area contributed by atoms with E-state index in [4.69, 9.17) is 4.74 Å². The Morgan fingerprint density at radius 3 is 2.47 bits per heavy atom. The molecule has 2 unspecified atom stereocenters. The van der Waals surface area contributed by atoms with Gasteiger partial charge in [-0.05, 0) is 50.4 Å². The smallest absolute Gasteiger partial charge is 0.305 e. The largest absolute Gasteiger partial charge is 0.507 e. The molecule has 1 aromatic carbocycles. The topological polar surface area (TPSA) is 167 Å². The molecule has 0 spiro atoms. The van der Waals surface area contributed by atoms with Crippen LogP contribution in [0.5, 0.6) is 5.75 Å². The lowest BCUT2D eigenvalue weighted by molar-refractivity contribution is -0.198. The minimum atomic E-state index is -2.91. The lowest BCUT2D eigenvalue weighted by atomic mass is 9.50. The second-order valence-corrected chi connectivity index (χ2v) is 14.4. The first-order chi connectivity index (χ1) is 21.6. The maximum absolute atomic E-state index is 14.4. The van der Waals surface area contributed by atoms with Gasteiger partial charge >= 0.3 is 5.97 Å². The van der Waals surface area contributed by atoms with E-state index < -0.39 is 82.7 Å². The Balaban J connectivity index is 1.41. The van der Waals surface area contributed by atoms with Crippen molar-refractivity contribution in [2.45, 2.75) is 81.2 Å². The normalized spacial score (nSPS) is 33.5. The molecule has 1 aliphatic heterocycles. The van der Waals surface area contributed by atoms with Crippen molar-refractivity contribution in [3.05, 3.63) is 29.3 Å². The van der Waals surface area contributed by atoms with E-state index in [1.165, 1.54) is 6.07 Å². The number of thioether (sulfide) groups is 1. The van der Waals surface area contributed by atoms with Gasteiger partial charge in [-0.15, -0.1) is 0 Å². The number of amides is 1. The number of aromatic hydroxyl groups is 1. The van der Waals surface area contributed by atoms with Crippen LogP contribution in [0.4, 0.5) is 0 Å². The molecule has 4 aliphatic carbocycles. The van der Waals surface area contributed by atoms with Crippen molar-refractivity contribution in [2.75, 3.05) is 25.5 Å². The van der Waals surface area contributed by atoms with Crippen LogP contribution in [0.3, 0.4) is 0 Å². The fourth-order valence-corrected chi connectivity index (χ4v) is 9.75. The van der Waals surface area contributed by atoms with Crippen molar-refractivity contribution in [1.82, 2.24) is 10.2 Å². The van der Waals surface area contributed by atoms with E-state index >= 15 is 0 Å². The van der Waals surface area contributed by atoms with Crippen LogP contribution in [-0.2, 0) is 28.7 Å². The molecule has 3 N–H and O–H groups in total. The monoisotopic (exact) mass is 640 g/mol. The van der Waals surface area contributed by atoms with Gasteiger partial charge < -0.3 is 20.3 Å². The summed E-state index contributed by atoms with van der Waals surface area (Å²) in [6, 6.07) is 4.68. The second kappa shape index (κ2) is 12.6. The Labute approximate surface area is 265 Å². The third-order valence-corrected chi connectivity index (χ3v) is 12.0. The van der Waals surface area contributed by atoms with Crippen LogP contribution < -0.4 is 5.32 Å². The molecular formula is C33H40N2O9S. The lowest BCUT2D eigenvalue weighted by Gasteiger charge is -2.54. The number of ketones is 4. The molecule has 0 radical (unpaired) electrons. The second-order valence-electron chi connectivity index (χ2n) is 13.0. The fraction of sp³-hybridized carbons (Fsp3) is 0.636. The number of rotatable bonds is 8. The molecule has 45 heavy (non-hydrogen) atoms. The van der Waals surface area contributed by atoms with Gasteiger partial charge in [-0.25, -0.2) is 0 Å². The van der Waals surface area contributed by atoms with Crippen LogP contribution in [0, 0.1) is 23.7 Å². The number of benzene rings is 1. The molecule has 0 aromatic heterocycles. The molecule has 3 saturated carbocycles. The number of Topliss-reactive ketones (excluding diaryl/α,β-unsaturated/α-hetero) is 4. The number of fused-ring (bicyclic) bond motifs is 3. The molecular weight excluding hydrogens is 600 g/mol. The molecule has 1 amide bonds. The van der Waals surface area contributed by atoms with E-state index in [9.17, 15) is 39.0 Å². The maximum Gasteiger partial charge on any atom is 0.305 e. The van der Waals surface area contributed by atoms with Crippen LogP contribution in [0.1, 0.15) is 80.1 Å². The van der Waals surface area contributed by atoms with E-state index in [-0.39, 0.29) is 24.4 Å². The Kier molecular flexibility index (Phi) is 8.93. The van der Waals surface area contributed by atoms with Crippen LogP contribution in [0.2, 0.25) is 0 Å². The van der Waals surface area contributed by atoms with Gasteiger partial charge in [0.05, 0.1) is 18.2 Å². The summed E-state index contributed by atoms with van der Waals surface area (Å²) in [6.07, 6.45) is 4.24. The number of carbonyl (C=O) groups is 6. The fourth-order valence-electron chi connectivity index (χ4n) is 8.20. The van der Waals surface area contributed by atoms with Crippen LogP contribution in [-0.4, -0.2) is 92.6 Å². The standard InChI is InChI=1S/C33H40N2O9S/c1-2-23(38)44-29-20-14-22(37)26(32(42)34-16-35-12-5-6-13-35)30(40)33(20,43)31(41)27-25(29)19(15-45-17-8-3-4-9-17)18-10-7-11-21(36)24(18)28(27)39/h7,10-11,17,19-20,25-27,29,36,43H,2-6,8-9,12-16H2,1H3,(H,34,42)/t19-,20+,25+,26?,27?,29+,33+/m0/s1. The summed E-state index contributed by atoms with van der Waals surface area (Å²) in [7, 11) is 0. The van der Waals surface area contributed by atoms with Gasteiger partial charge in [-0.2, -0.15) is 11.8 Å². The van der Waals surface area contributed by atoms with Gasteiger partial charge in [0.1, 0.15) is 11.9 Å². The number of phenols is 1. The van der Waals surface area contributed by atoms with Crippen molar-refractivity contribution in [3.8, 4) is 5.75 Å². The summed E-state index contributed by atoms with van der Waals surface area (Å²) in [6.45, 7) is 3.19. The van der Waals surface area contributed by atoms with Crippen molar-refractivity contribution < 1.29 is 43.7 Å². The minimum absolute atomic E-state index is 0.0500. The minimum Gasteiger partial charge on any atom is -0.507 e. The summed E-state index contributed by atoms with van der Waals surface area (Å²) in [4.78, 5) is 84.2. The van der Waals surface area contributed by atoms with Gasteiger partial charge in [-0.1, -0.05) is 31.9 Å². The van der Waals surface area contributed by atoms with Gasteiger partial charge in [0, 0.05) is 41.6 Å². The number of ether oxygens (including phenoxy) is 1. The van der Waals surface area contributed by atoms with Gasteiger partial charge in [0.15, 0.2) is 34.7 Å². The van der Waals surface area contributed by atoms with Crippen molar-refractivity contribution >= 4 is 46.8 Å². The van der Waals surface area contributed by atoms with Gasteiger partial charge in [0.25, 0.3) is 0 Å². The molecule has 242 valence electrons.